The Morgan fingerprint density at radius 2 is 1.61 bits per heavy atom. The Balaban J connectivity index is 1.87. The van der Waals surface area contributed by atoms with Crippen molar-refractivity contribution in [2.24, 2.45) is 5.41 Å². The van der Waals surface area contributed by atoms with Crippen molar-refractivity contribution in [2.45, 2.75) is 27.3 Å². The summed E-state index contributed by atoms with van der Waals surface area (Å²) in [6, 6.07) is 7.50. The van der Waals surface area contributed by atoms with Gasteiger partial charge in [0.15, 0.2) is 0 Å². The maximum atomic E-state index is 12.3. The van der Waals surface area contributed by atoms with Gasteiger partial charge in [-0.1, -0.05) is 32.9 Å². The molecule has 0 N–H and O–H groups in total. The van der Waals surface area contributed by atoms with Crippen LogP contribution in [0.2, 0.25) is 0 Å². The van der Waals surface area contributed by atoms with Gasteiger partial charge in [-0.05, 0) is 17.7 Å². The van der Waals surface area contributed by atoms with Gasteiger partial charge >= 0.3 is 5.97 Å². The van der Waals surface area contributed by atoms with E-state index in [0.717, 1.165) is 38.3 Å². The van der Waals surface area contributed by atoms with E-state index in [0.29, 0.717) is 5.56 Å². The van der Waals surface area contributed by atoms with E-state index >= 15 is 0 Å². The lowest BCUT2D eigenvalue weighted by molar-refractivity contribution is -0.141. The van der Waals surface area contributed by atoms with E-state index in [2.05, 4.69) is 4.90 Å². The molecule has 1 aromatic rings. The van der Waals surface area contributed by atoms with E-state index in [1.165, 1.54) is 7.11 Å². The molecule has 1 heterocycles. The monoisotopic (exact) mass is 318 g/mol. The van der Waals surface area contributed by atoms with E-state index < -0.39 is 0 Å². The Hall–Kier alpha value is -1.88. The van der Waals surface area contributed by atoms with Crippen LogP contribution < -0.4 is 0 Å². The molecule has 1 aliphatic heterocycles. The smallest absolute Gasteiger partial charge is 0.337 e. The average molecular weight is 318 g/mol. The van der Waals surface area contributed by atoms with Gasteiger partial charge in [0.25, 0.3) is 0 Å². The van der Waals surface area contributed by atoms with Crippen LogP contribution in [-0.2, 0) is 16.1 Å². The summed E-state index contributed by atoms with van der Waals surface area (Å²) in [5.41, 5.74) is 1.41. The van der Waals surface area contributed by atoms with Gasteiger partial charge in [-0.2, -0.15) is 0 Å². The molecule has 0 radical (unpaired) electrons. The summed E-state index contributed by atoms with van der Waals surface area (Å²) in [6.07, 6.45) is 0. The molecule has 2 rings (SSSR count). The molecule has 0 saturated carbocycles. The van der Waals surface area contributed by atoms with E-state index in [-0.39, 0.29) is 17.3 Å². The van der Waals surface area contributed by atoms with Gasteiger partial charge in [0.1, 0.15) is 0 Å². The van der Waals surface area contributed by atoms with E-state index in [4.69, 9.17) is 4.74 Å². The summed E-state index contributed by atoms with van der Waals surface area (Å²) >= 11 is 0. The highest BCUT2D eigenvalue weighted by Gasteiger charge is 2.29. The molecule has 1 amide bonds. The lowest BCUT2D eigenvalue weighted by Crippen LogP contribution is -2.51. The number of benzene rings is 1. The van der Waals surface area contributed by atoms with Crippen LogP contribution in [0.15, 0.2) is 24.3 Å². The number of carbonyl (C=O) groups excluding carboxylic acids is 2. The largest absolute Gasteiger partial charge is 0.465 e. The van der Waals surface area contributed by atoms with E-state index in [1.807, 2.05) is 37.8 Å². The summed E-state index contributed by atoms with van der Waals surface area (Å²) in [4.78, 5) is 28.0. The third kappa shape index (κ3) is 4.55. The van der Waals surface area contributed by atoms with Crippen molar-refractivity contribution in [1.82, 2.24) is 9.80 Å². The summed E-state index contributed by atoms with van der Waals surface area (Å²) < 4.78 is 4.70. The zero-order valence-corrected chi connectivity index (χ0v) is 14.5. The molecule has 0 bridgehead atoms. The predicted octanol–water partition coefficient (Wildman–Crippen LogP) is 2.16. The van der Waals surface area contributed by atoms with E-state index in [1.54, 1.807) is 12.1 Å². The quantitative estimate of drug-likeness (QED) is 0.802. The van der Waals surface area contributed by atoms with Gasteiger partial charge in [-0.15, -0.1) is 0 Å². The van der Waals surface area contributed by atoms with E-state index in [9.17, 15) is 9.59 Å². The molecule has 23 heavy (non-hydrogen) atoms. The molecule has 126 valence electrons. The zero-order chi connectivity index (χ0) is 17.0. The Morgan fingerprint density at radius 3 is 2.09 bits per heavy atom. The first-order chi connectivity index (χ1) is 10.8. The number of amides is 1. The molecule has 0 atom stereocenters. The first kappa shape index (κ1) is 17.5. The standard InChI is InChI=1S/C18H26N2O3/c1-18(2,3)17(22)20-11-9-19(10-12-20)13-14-5-7-15(8-6-14)16(21)23-4/h5-8H,9-13H2,1-4H3. The molecular formula is C18H26N2O3. The number of methoxy groups -OCH3 is 1. The molecule has 0 unspecified atom stereocenters. The fraction of sp³-hybridized carbons (Fsp3) is 0.556. The third-order valence-electron chi connectivity index (χ3n) is 4.08. The second-order valence-electron chi connectivity index (χ2n) is 7.01. The molecule has 0 aromatic heterocycles. The number of carbonyl (C=O) groups is 2. The van der Waals surface area contributed by atoms with Crippen molar-refractivity contribution in [3.63, 3.8) is 0 Å². The van der Waals surface area contributed by atoms with Crippen molar-refractivity contribution in [1.29, 1.82) is 0 Å². The summed E-state index contributed by atoms with van der Waals surface area (Å²) in [7, 11) is 1.38. The second kappa shape index (κ2) is 7.13. The SMILES string of the molecule is COC(=O)c1ccc(CN2CCN(C(=O)C(C)(C)C)CC2)cc1. The molecule has 1 aromatic carbocycles. The maximum absolute atomic E-state index is 12.3. The first-order valence-electron chi connectivity index (χ1n) is 8.00. The first-order valence-corrected chi connectivity index (χ1v) is 8.00. The molecule has 5 nitrogen and oxygen atoms in total. The highest BCUT2D eigenvalue weighted by molar-refractivity contribution is 5.89. The van der Waals surface area contributed by atoms with Crippen molar-refractivity contribution >= 4 is 11.9 Å². The van der Waals surface area contributed by atoms with Crippen molar-refractivity contribution in [3.8, 4) is 0 Å². The average Bonchev–Trinajstić information content (AvgIpc) is 2.54. The number of ether oxygens (including phenoxy) is 1. The number of rotatable bonds is 3. The van der Waals surface area contributed by atoms with Gasteiger partial charge in [0, 0.05) is 38.1 Å². The number of hydrogen-bond acceptors (Lipinski definition) is 4. The number of nitrogens with zero attached hydrogens (tertiary/aromatic N) is 2. The van der Waals surface area contributed by atoms with Gasteiger partial charge in [-0.25, -0.2) is 4.79 Å². The highest BCUT2D eigenvalue weighted by atomic mass is 16.5. The van der Waals surface area contributed by atoms with Gasteiger partial charge < -0.3 is 9.64 Å². The van der Waals surface area contributed by atoms with Gasteiger partial charge in [-0.3, -0.25) is 9.69 Å². The lowest BCUT2D eigenvalue weighted by Gasteiger charge is -2.37. The topological polar surface area (TPSA) is 49.9 Å². The molecule has 0 spiro atoms. The molecular weight excluding hydrogens is 292 g/mol. The molecule has 1 fully saturated rings. The van der Waals surface area contributed by atoms with Crippen molar-refractivity contribution < 1.29 is 14.3 Å². The molecule has 5 heteroatoms. The Morgan fingerprint density at radius 1 is 1.04 bits per heavy atom. The minimum atomic E-state index is -0.314. The second-order valence-corrected chi connectivity index (χ2v) is 7.01. The predicted molar refractivity (Wildman–Crippen MR) is 89.1 cm³/mol. The van der Waals surface area contributed by atoms with Gasteiger partial charge in [0.05, 0.1) is 12.7 Å². The number of piperazine rings is 1. The molecule has 0 aliphatic carbocycles. The van der Waals surface area contributed by atoms with Crippen LogP contribution >= 0.6 is 0 Å². The Labute approximate surface area is 138 Å². The fourth-order valence-corrected chi connectivity index (χ4v) is 2.71. The number of esters is 1. The normalized spacial score (nSPS) is 16.3. The van der Waals surface area contributed by atoms with Crippen LogP contribution in [0.4, 0.5) is 0 Å². The minimum Gasteiger partial charge on any atom is -0.465 e. The van der Waals surface area contributed by atoms with Crippen LogP contribution in [0, 0.1) is 5.41 Å². The maximum Gasteiger partial charge on any atom is 0.337 e. The van der Waals surface area contributed by atoms with Crippen molar-refractivity contribution in [3.05, 3.63) is 35.4 Å². The molecule has 1 aliphatic rings. The van der Waals surface area contributed by atoms with Crippen molar-refractivity contribution in [2.75, 3.05) is 33.3 Å². The van der Waals surface area contributed by atoms with Crippen LogP contribution in [0.1, 0.15) is 36.7 Å². The van der Waals surface area contributed by atoms with Gasteiger partial charge in [0.2, 0.25) is 5.91 Å². The highest BCUT2D eigenvalue weighted by Crippen LogP contribution is 2.19. The van der Waals surface area contributed by atoms with Crippen LogP contribution in [0.25, 0.3) is 0 Å². The Bertz CT molecular complexity index is 553. The van der Waals surface area contributed by atoms with Crippen LogP contribution in [0.5, 0.6) is 0 Å². The summed E-state index contributed by atoms with van der Waals surface area (Å²) in [5.74, 6) is -0.0922. The number of hydrogen-bond donors (Lipinski definition) is 0. The minimum absolute atomic E-state index is 0.222. The lowest BCUT2D eigenvalue weighted by atomic mass is 9.94. The fourth-order valence-electron chi connectivity index (χ4n) is 2.71. The third-order valence-corrected chi connectivity index (χ3v) is 4.08. The summed E-state index contributed by atoms with van der Waals surface area (Å²) in [6.45, 7) is 10.0. The zero-order valence-electron chi connectivity index (χ0n) is 14.5. The summed E-state index contributed by atoms with van der Waals surface area (Å²) in [5, 5.41) is 0. The van der Waals surface area contributed by atoms with Crippen LogP contribution in [-0.4, -0.2) is 55.0 Å². The van der Waals surface area contributed by atoms with Crippen LogP contribution in [0.3, 0.4) is 0 Å². The Kier molecular flexibility index (Phi) is 5.42. The molecule has 1 saturated heterocycles.